The van der Waals surface area contributed by atoms with E-state index in [-0.39, 0.29) is 5.78 Å². The van der Waals surface area contributed by atoms with E-state index in [4.69, 9.17) is 16.3 Å². The molecule has 18 heavy (non-hydrogen) atoms. The Kier molecular flexibility index (Phi) is 5.54. The molecule has 4 heteroatoms. The molecule has 0 unspecified atom stereocenters. The largest absolute Gasteiger partial charge is 0.496 e. The fourth-order valence-corrected chi connectivity index (χ4v) is 2.52. The number of halogens is 1. The first-order valence-electron chi connectivity index (χ1n) is 5.87. The first-order chi connectivity index (χ1) is 8.38. The fourth-order valence-electron chi connectivity index (χ4n) is 1.74. The highest BCUT2D eigenvalue weighted by Gasteiger charge is 2.19. The molecule has 1 aromatic rings. The lowest BCUT2D eigenvalue weighted by Crippen LogP contribution is -2.10. The van der Waals surface area contributed by atoms with Gasteiger partial charge in [-0.3, -0.25) is 4.79 Å². The van der Waals surface area contributed by atoms with Gasteiger partial charge in [0.15, 0.2) is 5.78 Å². The Morgan fingerprint density at radius 3 is 2.56 bits per heavy atom. The molecule has 0 amide bonds. The van der Waals surface area contributed by atoms with E-state index in [1.807, 2.05) is 19.9 Å². The Bertz CT molecular complexity index is 456. The number of rotatable bonds is 5. The molecule has 0 spiro atoms. The Hall–Kier alpha value is -0.670. The molecule has 0 aliphatic heterocycles. The van der Waals surface area contributed by atoms with E-state index in [1.165, 1.54) is 0 Å². The first kappa shape index (κ1) is 15.4. The second-order valence-electron chi connectivity index (χ2n) is 4.49. The van der Waals surface area contributed by atoms with Gasteiger partial charge in [0, 0.05) is 5.02 Å². The van der Waals surface area contributed by atoms with Gasteiger partial charge in [-0.25, -0.2) is 0 Å². The molecule has 0 saturated heterocycles. The lowest BCUT2D eigenvalue weighted by Gasteiger charge is -2.14. The number of hydrogen-bond donors (Lipinski definition) is 0. The van der Waals surface area contributed by atoms with Gasteiger partial charge in [-0.05, 0) is 36.3 Å². The summed E-state index contributed by atoms with van der Waals surface area (Å²) in [6.45, 7) is 7.93. The maximum atomic E-state index is 12.3. The Labute approximate surface area is 118 Å². The molecule has 0 aliphatic carbocycles. The molecule has 1 aromatic carbocycles. The maximum Gasteiger partial charge on any atom is 0.176 e. The van der Waals surface area contributed by atoms with Crippen LogP contribution in [-0.2, 0) is 0 Å². The number of carbonyl (C=O) groups excluding carboxylic acids is 1. The number of thioether (sulfide) groups is 1. The van der Waals surface area contributed by atoms with E-state index in [2.05, 4.69) is 13.8 Å². The van der Waals surface area contributed by atoms with Crippen LogP contribution >= 0.6 is 23.4 Å². The highest BCUT2D eigenvalue weighted by atomic mass is 35.5. The number of carbonyl (C=O) groups is 1. The van der Waals surface area contributed by atoms with Crippen LogP contribution < -0.4 is 4.74 Å². The smallest absolute Gasteiger partial charge is 0.176 e. The second kappa shape index (κ2) is 6.48. The van der Waals surface area contributed by atoms with Gasteiger partial charge in [0.25, 0.3) is 0 Å². The molecular formula is C14H19ClO2S. The van der Waals surface area contributed by atoms with Crippen LogP contribution in [0.15, 0.2) is 6.07 Å². The molecule has 0 bridgehead atoms. The van der Waals surface area contributed by atoms with Crippen molar-refractivity contribution in [3.8, 4) is 5.75 Å². The predicted octanol–water partition coefficient (Wildman–Crippen LogP) is 4.29. The predicted molar refractivity (Wildman–Crippen MR) is 79.4 cm³/mol. The average molecular weight is 287 g/mol. The standard InChI is InChI=1S/C14H19ClO2S/c1-8(2)18-7-11(16)13-10(4)14(15)9(3)6-12(13)17-5/h6,8H,7H2,1-5H3. The minimum Gasteiger partial charge on any atom is -0.496 e. The lowest BCUT2D eigenvalue weighted by molar-refractivity contribution is 0.101. The topological polar surface area (TPSA) is 26.3 Å². The van der Waals surface area contributed by atoms with E-state index in [9.17, 15) is 4.79 Å². The van der Waals surface area contributed by atoms with Crippen LogP contribution in [-0.4, -0.2) is 23.9 Å². The molecule has 0 radical (unpaired) electrons. The number of hydrogen-bond acceptors (Lipinski definition) is 3. The number of ether oxygens (including phenoxy) is 1. The van der Waals surface area contributed by atoms with Gasteiger partial charge in [-0.1, -0.05) is 25.4 Å². The minimum absolute atomic E-state index is 0.0740. The number of aryl methyl sites for hydroxylation is 1. The zero-order chi connectivity index (χ0) is 13.9. The average Bonchev–Trinajstić information content (AvgIpc) is 2.32. The van der Waals surface area contributed by atoms with Crippen LogP contribution in [0.2, 0.25) is 5.02 Å². The molecule has 0 saturated carbocycles. The monoisotopic (exact) mass is 286 g/mol. The van der Waals surface area contributed by atoms with Gasteiger partial charge in [0.2, 0.25) is 0 Å². The van der Waals surface area contributed by atoms with E-state index < -0.39 is 0 Å². The van der Waals surface area contributed by atoms with Crippen molar-refractivity contribution in [2.45, 2.75) is 32.9 Å². The summed E-state index contributed by atoms with van der Waals surface area (Å²) >= 11 is 7.83. The Balaban J connectivity index is 3.14. The van der Waals surface area contributed by atoms with Crippen molar-refractivity contribution in [2.24, 2.45) is 0 Å². The van der Waals surface area contributed by atoms with Crippen LogP contribution in [0.3, 0.4) is 0 Å². The normalized spacial score (nSPS) is 10.8. The van der Waals surface area contributed by atoms with E-state index in [1.54, 1.807) is 18.9 Å². The number of methoxy groups -OCH3 is 1. The molecule has 0 atom stereocenters. The SMILES string of the molecule is COc1cc(C)c(Cl)c(C)c1C(=O)CSC(C)C. The summed E-state index contributed by atoms with van der Waals surface area (Å²) in [6.07, 6.45) is 0. The van der Waals surface area contributed by atoms with E-state index in [0.717, 1.165) is 11.1 Å². The number of Topliss-reactive ketones (excluding diaryl/α,β-unsaturated/α-hetero) is 1. The summed E-state index contributed by atoms with van der Waals surface area (Å²) in [6, 6.07) is 1.82. The van der Waals surface area contributed by atoms with Crippen LogP contribution in [0.5, 0.6) is 5.75 Å². The van der Waals surface area contributed by atoms with E-state index in [0.29, 0.717) is 27.3 Å². The summed E-state index contributed by atoms with van der Waals surface area (Å²) < 4.78 is 5.30. The van der Waals surface area contributed by atoms with Gasteiger partial charge in [-0.2, -0.15) is 11.8 Å². The van der Waals surface area contributed by atoms with Crippen molar-refractivity contribution >= 4 is 29.1 Å². The Morgan fingerprint density at radius 2 is 2.06 bits per heavy atom. The van der Waals surface area contributed by atoms with Crippen molar-refractivity contribution in [2.75, 3.05) is 12.9 Å². The molecule has 0 heterocycles. The summed E-state index contributed by atoms with van der Waals surface area (Å²) in [7, 11) is 1.58. The molecule has 0 N–H and O–H groups in total. The summed E-state index contributed by atoms with van der Waals surface area (Å²) in [5.41, 5.74) is 2.35. The molecule has 0 aliphatic rings. The third kappa shape index (κ3) is 3.42. The fraction of sp³-hybridized carbons (Fsp3) is 0.500. The van der Waals surface area contributed by atoms with Crippen molar-refractivity contribution in [3.05, 3.63) is 27.8 Å². The second-order valence-corrected chi connectivity index (χ2v) is 6.44. The van der Waals surface area contributed by atoms with Crippen molar-refractivity contribution < 1.29 is 9.53 Å². The number of ketones is 1. The first-order valence-corrected chi connectivity index (χ1v) is 7.29. The van der Waals surface area contributed by atoms with Crippen LogP contribution in [0, 0.1) is 13.8 Å². The molecule has 0 aromatic heterocycles. The van der Waals surface area contributed by atoms with Gasteiger partial charge >= 0.3 is 0 Å². The lowest BCUT2D eigenvalue weighted by atomic mass is 10.0. The van der Waals surface area contributed by atoms with Crippen molar-refractivity contribution in [3.63, 3.8) is 0 Å². The summed E-state index contributed by atoms with van der Waals surface area (Å²) in [5.74, 6) is 1.14. The van der Waals surface area contributed by atoms with Crippen LogP contribution in [0.25, 0.3) is 0 Å². The molecular weight excluding hydrogens is 268 g/mol. The third-order valence-corrected chi connectivity index (χ3v) is 4.37. The number of benzene rings is 1. The zero-order valence-electron chi connectivity index (χ0n) is 11.5. The third-order valence-electron chi connectivity index (χ3n) is 2.69. The summed E-state index contributed by atoms with van der Waals surface area (Å²) in [4.78, 5) is 12.3. The quantitative estimate of drug-likeness (QED) is 0.755. The molecule has 2 nitrogen and oxygen atoms in total. The Morgan fingerprint density at radius 1 is 1.44 bits per heavy atom. The van der Waals surface area contributed by atoms with Crippen molar-refractivity contribution in [1.82, 2.24) is 0 Å². The van der Waals surface area contributed by atoms with Gasteiger partial charge in [0.1, 0.15) is 5.75 Å². The van der Waals surface area contributed by atoms with Crippen LogP contribution in [0.4, 0.5) is 0 Å². The molecule has 1 rings (SSSR count). The van der Waals surface area contributed by atoms with Gasteiger partial charge in [0.05, 0.1) is 18.4 Å². The van der Waals surface area contributed by atoms with E-state index >= 15 is 0 Å². The maximum absolute atomic E-state index is 12.3. The van der Waals surface area contributed by atoms with Gasteiger partial charge < -0.3 is 4.74 Å². The zero-order valence-corrected chi connectivity index (χ0v) is 13.0. The van der Waals surface area contributed by atoms with Crippen molar-refractivity contribution in [1.29, 1.82) is 0 Å². The minimum atomic E-state index is 0.0740. The highest BCUT2D eigenvalue weighted by Crippen LogP contribution is 2.32. The highest BCUT2D eigenvalue weighted by molar-refractivity contribution is 8.00. The van der Waals surface area contributed by atoms with Gasteiger partial charge in [-0.15, -0.1) is 0 Å². The molecule has 0 fully saturated rings. The molecule has 100 valence electrons. The summed E-state index contributed by atoms with van der Waals surface area (Å²) in [5, 5.41) is 1.08. The van der Waals surface area contributed by atoms with Crippen LogP contribution in [0.1, 0.15) is 35.3 Å².